The minimum absolute atomic E-state index is 0.0612. The lowest BCUT2D eigenvalue weighted by molar-refractivity contribution is -0.198. The lowest BCUT2D eigenvalue weighted by Gasteiger charge is -2.12. The van der Waals surface area contributed by atoms with Gasteiger partial charge in [0.15, 0.2) is 0 Å². The largest absolute Gasteiger partial charge is 0.508 e. The molecule has 1 fully saturated rings. The molecule has 42 heavy (non-hydrogen) atoms. The molecule has 2 amide bonds. The van der Waals surface area contributed by atoms with Gasteiger partial charge < -0.3 is 43.7 Å². The molecule has 1 heterocycles. The molecule has 2 N–H and O–H groups in total. The molecule has 1 aliphatic rings. The Morgan fingerprint density at radius 2 is 1.24 bits per heavy atom. The number of phenols is 1. The van der Waals surface area contributed by atoms with Crippen molar-refractivity contribution in [3.8, 4) is 5.75 Å². The van der Waals surface area contributed by atoms with Crippen molar-refractivity contribution in [2.24, 2.45) is 0 Å². The summed E-state index contributed by atoms with van der Waals surface area (Å²) in [6.45, 7) is 6.99. The van der Waals surface area contributed by atoms with Crippen molar-refractivity contribution in [3.05, 3.63) is 36.0 Å². The number of phenolic OH excluding ortho intramolecular Hbond substituents is 1. The van der Waals surface area contributed by atoms with Gasteiger partial charge in [0, 0.05) is 24.7 Å². The topological polar surface area (TPSA) is 151 Å². The number of aromatic hydroxyl groups is 1. The zero-order chi connectivity index (χ0) is 30.3. The third kappa shape index (κ3) is 16.4. The van der Waals surface area contributed by atoms with Crippen LogP contribution in [0.2, 0.25) is 0 Å². The Bertz CT molecular complexity index is 924. The first kappa shape index (κ1) is 35.1. The average Bonchev–Trinajstić information content (AvgIpc) is 3.29. The summed E-state index contributed by atoms with van der Waals surface area (Å²) in [6, 6.07) is 6.90. The molecule has 236 valence electrons. The molecule has 13 nitrogen and oxygen atoms in total. The van der Waals surface area contributed by atoms with E-state index in [2.05, 4.69) is 12.2 Å². The van der Waals surface area contributed by atoms with Crippen molar-refractivity contribution in [2.45, 2.75) is 39.0 Å². The van der Waals surface area contributed by atoms with Crippen molar-refractivity contribution in [3.63, 3.8) is 0 Å². The normalized spacial score (nSPS) is 13.6. The van der Waals surface area contributed by atoms with E-state index in [9.17, 15) is 19.5 Å². The minimum atomic E-state index is -0.697. The van der Waals surface area contributed by atoms with Crippen molar-refractivity contribution >= 4 is 23.5 Å². The highest BCUT2D eigenvalue weighted by molar-refractivity contribution is 6.01. The summed E-state index contributed by atoms with van der Waals surface area (Å²) in [5.74, 6) is -1.48. The van der Waals surface area contributed by atoms with Crippen LogP contribution in [-0.4, -0.2) is 107 Å². The van der Waals surface area contributed by atoms with E-state index in [0.717, 1.165) is 24.1 Å². The SMILES string of the molecule is CCC/C(=C\Nc1ccc(O)cc1)COCCOCCOCCOCCOCCOCCC(=O)ON1C(=O)CCC1=O. The number of amides is 2. The molecule has 0 aromatic heterocycles. The molecule has 1 aliphatic heterocycles. The lowest BCUT2D eigenvalue weighted by atomic mass is 10.2. The number of anilines is 1. The van der Waals surface area contributed by atoms with E-state index < -0.39 is 17.8 Å². The zero-order valence-electron chi connectivity index (χ0n) is 24.4. The third-order valence-corrected chi connectivity index (χ3v) is 5.68. The molecule has 0 unspecified atom stereocenters. The Kier molecular flexibility index (Phi) is 18.8. The second kappa shape index (κ2) is 22.5. The van der Waals surface area contributed by atoms with Gasteiger partial charge in [-0.3, -0.25) is 9.59 Å². The number of hydroxylamine groups is 2. The third-order valence-electron chi connectivity index (χ3n) is 5.68. The molecule has 0 spiro atoms. The van der Waals surface area contributed by atoms with Gasteiger partial charge in [-0.05, 0) is 36.3 Å². The van der Waals surface area contributed by atoms with E-state index in [4.69, 9.17) is 33.3 Å². The van der Waals surface area contributed by atoms with Gasteiger partial charge in [-0.25, -0.2) is 4.79 Å². The Labute approximate surface area is 246 Å². The number of imide groups is 1. The van der Waals surface area contributed by atoms with E-state index in [1.54, 1.807) is 12.1 Å². The molecule has 0 aliphatic carbocycles. The standard InChI is InChI=1S/C29H44N2O11/c1-2-3-24(22-30-25-4-6-26(32)7-5-25)23-41-21-20-40-19-18-39-17-16-38-15-14-37-13-12-36-11-10-29(35)42-31-27(33)8-9-28(31)34/h4-7,22,30,32H,2-3,8-21,23H2,1H3/b24-22+. The van der Waals surface area contributed by atoms with E-state index >= 15 is 0 Å². The Balaban J connectivity index is 1.30. The van der Waals surface area contributed by atoms with Gasteiger partial charge in [0.05, 0.1) is 85.7 Å². The first-order valence-electron chi connectivity index (χ1n) is 14.3. The Morgan fingerprint density at radius 1 is 0.762 bits per heavy atom. The summed E-state index contributed by atoms with van der Waals surface area (Å²) in [5, 5.41) is 13.1. The molecule has 0 bridgehead atoms. The number of hydrogen-bond donors (Lipinski definition) is 2. The van der Waals surface area contributed by atoms with Crippen LogP contribution in [0, 0.1) is 0 Å². The van der Waals surface area contributed by atoms with Crippen molar-refractivity contribution in [2.75, 3.05) is 84.6 Å². The van der Waals surface area contributed by atoms with Gasteiger partial charge in [-0.2, -0.15) is 0 Å². The quantitative estimate of drug-likeness (QED) is 0.0970. The van der Waals surface area contributed by atoms with Crippen LogP contribution >= 0.6 is 0 Å². The maximum atomic E-state index is 11.6. The van der Waals surface area contributed by atoms with Gasteiger partial charge in [0.2, 0.25) is 0 Å². The maximum absolute atomic E-state index is 11.6. The summed E-state index contributed by atoms with van der Waals surface area (Å²) < 4.78 is 32.8. The molecule has 1 aromatic carbocycles. The fourth-order valence-corrected chi connectivity index (χ4v) is 3.51. The molecular weight excluding hydrogens is 552 g/mol. The van der Waals surface area contributed by atoms with E-state index in [-0.39, 0.29) is 38.2 Å². The zero-order valence-corrected chi connectivity index (χ0v) is 24.4. The van der Waals surface area contributed by atoms with Crippen molar-refractivity contribution in [1.29, 1.82) is 0 Å². The summed E-state index contributed by atoms with van der Waals surface area (Å²) in [5.41, 5.74) is 2.06. The number of carbonyl (C=O) groups excluding carboxylic acids is 3. The molecule has 2 rings (SSSR count). The summed E-state index contributed by atoms with van der Waals surface area (Å²) in [4.78, 5) is 39.2. The molecular formula is C29H44N2O11. The number of ether oxygens (including phenoxy) is 6. The molecule has 13 heteroatoms. The predicted octanol–water partition coefficient (Wildman–Crippen LogP) is 2.59. The van der Waals surface area contributed by atoms with Crippen LogP contribution in [0.15, 0.2) is 36.0 Å². The average molecular weight is 597 g/mol. The fourth-order valence-electron chi connectivity index (χ4n) is 3.51. The molecule has 0 atom stereocenters. The second-order valence-electron chi connectivity index (χ2n) is 9.15. The van der Waals surface area contributed by atoms with Crippen LogP contribution in [0.1, 0.15) is 39.0 Å². The Hall–Kier alpha value is -3.07. The van der Waals surface area contributed by atoms with Gasteiger partial charge in [0.25, 0.3) is 11.8 Å². The van der Waals surface area contributed by atoms with Crippen LogP contribution in [0.25, 0.3) is 0 Å². The highest BCUT2D eigenvalue weighted by atomic mass is 16.7. The fraction of sp³-hybridized carbons (Fsp3) is 0.621. The van der Waals surface area contributed by atoms with Gasteiger partial charge in [-0.15, -0.1) is 5.06 Å². The second-order valence-corrected chi connectivity index (χ2v) is 9.15. The number of benzene rings is 1. The number of hydrogen-bond acceptors (Lipinski definition) is 12. The van der Waals surface area contributed by atoms with Crippen LogP contribution in [0.4, 0.5) is 5.69 Å². The first-order chi connectivity index (χ1) is 20.5. The number of nitrogens with zero attached hydrogens (tertiary/aromatic N) is 1. The van der Waals surface area contributed by atoms with E-state index in [0.29, 0.717) is 71.1 Å². The smallest absolute Gasteiger partial charge is 0.335 e. The highest BCUT2D eigenvalue weighted by Crippen LogP contribution is 2.15. The van der Waals surface area contributed by atoms with Crippen LogP contribution < -0.4 is 5.32 Å². The first-order valence-corrected chi connectivity index (χ1v) is 14.3. The highest BCUT2D eigenvalue weighted by Gasteiger charge is 2.32. The summed E-state index contributed by atoms with van der Waals surface area (Å²) in [6.07, 6.45) is 3.95. The molecule has 1 saturated heterocycles. The maximum Gasteiger partial charge on any atom is 0.335 e. The molecule has 0 saturated carbocycles. The van der Waals surface area contributed by atoms with Crippen molar-refractivity contribution < 1.29 is 52.7 Å². The van der Waals surface area contributed by atoms with Gasteiger partial charge >= 0.3 is 5.97 Å². The van der Waals surface area contributed by atoms with Crippen LogP contribution in [0.3, 0.4) is 0 Å². The summed E-state index contributed by atoms with van der Waals surface area (Å²) >= 11 is 0. The molecule has 0 radical (unpaired) electrons. The number of nitrogens with one attached hydrogen (secondary N) is 1. The Morgan fingerprint density at radius 3 is 1.74 bits per heavy atom. The van der Waals surface area contributed by atoms with Crippen LogP contribution in [0.5, 0.6) is 5.75 Å². The molecule has 1 aromatic rings. The van der Waals surface area contributed by atoms with Gasteiger partial charge in [-0.1, -0.05) is 13.3 Å². The summed E-state index contributed by atoms with van der Waals surface area (Å²) in [7, 11) is 0. The van der Waals surface area contributed by atoms with Crippen LogP contribution in [-0.2, 0) is 47.6 Å². The predicted molar refractivity (Wildman–Crippen MR) is 151 cm³/mol. The number of rotatable bonds is 25. The minimum Gasteiger partial charge on any atom is -0.508 e. The van der Waals surface area contributed by atoms with Crippen molar-refractivity contribution in [1.82, 2.24) is 5.06 Å². The van der Waals surface area contributed by atoms with E-state index in [1.807, 2.05) is 18.3 Å². The lowest BCUT2D eigenvalue weighted by Crippen LogP contribution is -2.32. The van der Waals surface area contributed by atoms with Gasteiger partial charge in [0.1, 0.15) is 5.75 Å². The van der Waals surface area contributed by atoms with E-state index in [1.165, 1.54) is 0 Å². The monoisotopic (exact) mass is 596 g/mol. The number of carbonyl (C=O) groups is 3.